The molecule has 2 nitrogen and oxygen atoms in total. The molecular weight excluding hydrogens is 291 g/mol. The summed E-state index contributed by atoms with van der Waals surface area (Å²) in [6, 6.07) is 6.28. The molecule has 0 aromatic heterocycles. The molecule has 0 aliphatic carbocycles. The minimum atomic E-state index is -4.16. The van der Waals surface area contributed by atoms with Crippen molar-refractivity contribution in [1.29, 1.82) is 0 Å². The van der Waals surface area contributed by atoms with Crippen molar-refractivity contribution < 1.29 is 17.9 Å². The fraction of sp³-hybridized carbons (Fsp3) is 0.571. The van der Waals surface area contributed by atoms with E-state index in [0.29, 0.717) is 11.3 Å². The summed E-state index contributed by atoms with van der Waals surface area (Å²) in [4.78, 5) is 0. The Bertz CT molecular complexity index is 398. The standard InChI is InChI=1S/C14H20F3NO.ClH/c1-13(2,3)19-11-6-4-10(5-7-11)12(18)8-9-14(15,16)17;/h4-7,12H,8-9,18H2,1-3H3;1H/t12-;/m1./s1. The maximum Gasteiger partial charge on any atom is 0.389 e. The van der Waals surface area contributed by atoms with E-state index in [1.807, 2.05) is 20.8 Å². The molecule has 2 N–H and O–H groups in total. The molecule has 0 saturated heterocycles. The second-order valence-corrected chi connectivity index (χ2v) is 5.54. The molecule has 0 amide bonds. The fourth-order valence-electron chi connectivity index (χ4n) is 1.62. The Morgan fingerprint density at radius 3 is 2.00 bits per heavy atom. The van der Waals surface area contributed by atoms with E-state index in [2.05, 4.69) is 0 Å². The minimum absolute atomic E-state index is 0. The molecule has 1 aromatic carbocycles. The summed E-state index contributed by atoms with van der Waals surface area (Å²) in [5.41, 5.74) is 6.12. The largest absolute Gasteiger partial charge is 0.488 e. The van der Waals surface area contributed by atoms with Gasteiger partial charge in [0.1, 0.15) is 11.4 Å². The van der Waals surface area contributed by atoms with Crippen molar-refractivity contribution in [3.8, 4) is 5.75 Å². The number of rotatable bonds is 4. The Hall–Kier alpha value is -0.940. The SMILES string of the molecule is CC(C)(C)Oc1ccc([C@H](N)CCC(F)(F)F)cc1.Cl. The fourth-order valence-corrected chi connectivity index (χ4v) is 1.62. The summed E-state index contributed by atoms with van der Waals surface area (Å²) in [5.74, 6) is 0.680. The predicted molar refractivity (Wildman–Crippen MR) is 76.3 cm³/mol. The van der Waals surface area contributed by atoms with E-state index in [0.717, 1.165) is 0 Å². The third-order valence-electron chi connectivity index (χ3n) is 2.47. The highest BCUT2D eigenvalue weighted by Gasteiger charge is 2.27. The van der Waals surface area contributed by atoms with E-state index in [1.54, 1.807) is 24.3 Å². The zero-order valence-electron chi connectivity index (χ0n) is 11.8. The van der Waals surface area contributed by atoms with E-state index in [9.17, 15) is 13.2 Å². The van der Waals surface area contributed by atoms with Crippen LogP contribution in [0, 0.1) is 0 Å². The molecule has 0 saturated carbocycles. The van der Waals surface area contributed by atoms with Crippen LogP contribution in [0.4, 0.5) is 13.2 Å². The molecule has 1 aromatic rings. The van der Waals surface area contributed by atoms with Crippen LogP contribution in [0.5, 0.6) is 5.75 Å². The Morgan fingerprint density at radius 1 is 1.10 bits per heavy atom. The minimum Gasteiger partial charge on any atom is -0.488 e. The first kappa shape index (κ1) is 19.1. The van der Waals surface area contributed by atoms with Crippen molar-refractivity contribution in [3.05, 3.63) is 29.8 Å². The maximum absolute atomic E-state index is 12.1. The van der Waals surface area contributed by atoms with Crippen molar-refractivity contribution in [1.82, 2.24) is 0 Å². The lowest BCUT2D eigenvalue weighted by Crippen LogP contribution is -2.23. The van der Waals surface area contributed by atoms with Crippen LogP contribution >= 0.6 is 12.4 Å². The first-order valence-electron chi connectivity index (χ1n) is 6.18. The molecule has 6 heteroatoms. The molecule has 0 aliphatic heterocycles. The molecule has 0 aliphatic rings. The number of benzene rings is 1. The van der Waals surface area contributed by atoms with Crippen LogP contribution in [0.2, 0.25) is 0 Å². The van der Waals surface area contributed by atoms with Crippen molar-refractivity contribution in [2.24, 2.45) is 5.73 Å². The van der Waals surface area contributed by atoms with Crippen LogP contribution in [0.3, 0.4) is 0 Å². The van der Waals surface area contributed by atoms with Gasteiger partial charge in [-0.2, -0.15) is 13.2 Å². The molecule has 0 fully saturated rings. The van der Waals surface area contributed by atoms with E-state index >= 15 is 0 Å². The van der Waals surface area contributed by atoms with Crippen molar-refractivity contribution >= 4 is 12.4 Å². The number of nitrogens with two attached hydrogens (primary N) is 1. The van der Waals surface area contributed by atoms with Crippen LogP contribution in [-0.2, 0) is 0 Å². The third kappa shape index (κ3) is 7.60. The summed E-state index contributed by atoms with van der Waals surface area (Å²) < 4.78 is 41.9. The zero-order valence-corrected chi connectivity index (χ0v) is 12.6. The maximum atomic E-state index is 12.1. The van der Waals surface area contributed by atoms with Crippen LogP contribution < -0.4 is 10.5 Å². The second kappa shape index (κ2) is 7.18. The van der Waals surface area contributed by atoms with Crippen LogP contribution in [0.25, 0.3) is 0 Å². The zero-order chi connectivity index (χ0) is 14.7. The molecule has 0 heterocycles. The number of halogens is 4. The lowest BCUT2D eigenvalue weighted by molar-refractivity contribution is -0.136. The van der Waals surface area contributed by atoms with Gasteiger partial charge in [0.25, 0.3) is 0 Å². The molecule has 0 unspecified atom stereocenters. The lowest BCUT2D eigenvalue weighted by Gasteiger charge is -2.21. The number of alkyl halides is 3. The third-order valence-corrected chi connectivity index (χ3v) is 2.47. The van der Waals surface area contributed by atoms with Gasteiger partial charge in [-0.3, -0.25) is 0 Å². The topological polar surface area (TPSA) is 35.2 Å². The molecule has 116 valence electrons. The van der Waals surface area contributed by atoms with E-state index in [-0.39, 0.29) is 24.4 Å². The smallest absolute Gasteiger partial charge is 0.389 e. The summed E-state index contributed by atoms with van der Waals surface area (Å²) in [6.45, 7) is 5.78. The van der Waals surface area contributed by atoms with E-state index < -0.39 is 18.6 Å². The first-order chi connectivity index (χ1) is 8.57. The Balaban J connectivity index is 0.00000361. The van der Waals surface area contributed by atoms with Crippen molar-refractivity contribution in [2.75, 3.05) is 0 Å². The average Bonchev–Trinajstić information content (AvgIpc) is 2.23. The molecular formula is C14H21ClF3NO. The van der Waals surface area contributed by atoms with Crippen LogP contribution in [0.1, 0.15) is 45.2 Å². The Kier molecular flexibility index (Phi) is 6.84. The van der Waals surface area contributed by atoms with Gasteiger partial charge in [0.05, 0.1) is 0 Å². The van der Waals surface area contributed by atoms with Crippen LogP contribution in [0.15, 0.2) is 24.3 Å². The summed E-state index contributed by atoms with van der Waals surface area (Å²) >= 11 is 0. The predicted octanol–water partition coefficient (Wildman–Crippen LogP) is 4.63. The van der Waals surface area contributed by atoms with Crippen molar-refractivity contribution in [2.45, 2.75) is 51.4 Å². The van der Waals surface area contributed by atoms with Gasteiger partial charge in [-0.1, -0.05) is 12.1 Å². The van der Waals surface area contributed by atoms with Gasteiger partial charge in [-0.15, -0.1) is 12.4 Å². The number of hydrogen-bond donors (Lipinski definition) is 1. The van der Waals surface area contributed by atoms with Gasteiger partial charge in [-0.05, 0) is 44.9 Å². The molecule has 1 rings (SSSR count). The Morgan fingerprint density at radius 2 is 1.60 bits per heavy atom. The lowest BCUT2D eigenvalue weighted by atomic mass is 10.0. The number of ether oxygens (including phenoxy) is 1. The summed E-state index contributed by atoms with van der Waals surface area (Å²) in [7, 11) is 0. The first-order valence-corrected chi connectivity index (χ1v) is 6.18. The van der Waals surface area contributed by atoms with Gasteiger partial charge < -0.3 is 10.5 Å². The van der Waals surface area contributed by atoms with Gasteiger partial charge in [0.2, 0.25) is 0 Å². The highest BCUT2D eigenvalue weighted by atomic mass is 35.5. The number of hydrogen-bond acceptors (Lipinski definition) is 2. The molecule has 1 atom stereocenters. The molecule has 0 bridgehead atoms. The Labute approximate surface area is 123 Å². The van der Waals surface area contributed by atoms with Crippen molar-refractivity contribution in [3.63, 3.8) is 0 Å². The molecule has 0 radical (unpaired) electrons. The van der Waals surface area contributed by atoms with E-state index in [4.69, 9.17) is 10.5 Å². The summed E-state index contributed by atoms with van der Waals surface area (Å²) in [5, 5.41) is 0. The molecule has 20 heavy (non-hydrogen) atoms. The van der Waals surface area contributed by atoms with Gasteiger partial charge in [0, 0.05) is 12.5 Å². The molecule has 0 spiro atoms. The monoisotopic (exact) mass is 311 g/mol. The van der Waals surface area contributed by atoms with Gasteiger partial charge in [-0.25, -0.2) is 0 Å². The highest BCUT2D eigenvalue weighted by molar-refractivity contribution is 5.85. The van der Waals surface area contributed by atoms with Gasteiger partial charge in [0.15, 0.2) is 0 Å². The normalized spacial score (nSPS) is 13.6. The second-order valence-electron chi connectivity index (χ2n) is 5.54. The summed E-state index contributed by atoms with van der Waals surface area (Å²) in [6.07, 6.45) is -5.13. The van der Waals surface area contributed by atoms with Crippen LogP contribution in [-0.4, -0.2) is 11.8 Å². The van der Waals surface area contributed by atoms with Gasteiger partial charge >= 0.3 is 6.18 Å². The highest BCUT2D eigenvalue weighted by Crippen LogP contribution is 2.27. The van der Waals surface area contributed by atoms with E-state index in [1.165, 1.54) is 0 Å². The average molecular weight is 312 g/mol. The quantitative estimate of drug-likeness (QED) is 0.880.